The van der Waals surface area contributed by atoms with Crippen LogP contribution in [0.1, 0.15) is 5.56 Å². The molecule has 0 unspecified atom stereocenters. The van der Waals surface area contributed by atoms with Crippen molar-refractivity contribution in [2.24, 2.45) is 4.99 Å². The van der Waals surface area contributed by atoms with Gasteiger partial charge in [-0.2, -0.15) is 0 Å². The second-order valence-corrected chi connectivity index (χ2v) is 8.98. The molecule has 0 fully saturated rings. The van der Waals surface area contributed by atoms with Gasteiger partial charge in [-0.05, 0) is 42.0 Å². The minimum Gasteiger partial charge on any atom is -0.301 e. The zero-order valence-electron chi connectivity index (χ0n) is 17.2. The lowest BCUT2D eigenvalue weighted by Gasteiger charge is -2.17. The van der Waals surface area contributed by atoms with E-state index in [9.17, 15) is 9.59 Å². The van der Waals surface area contributed by atoms with Crippen molar-refractivity contribution in [2.45, 2.75) is 0 Å². The molecule has 0 saturated carbocycles. The van der Waals surface area contributed by atoms with Gasteiger partial charge in [-0.1, -0.05) is 59.5 Å². The van der Waals surface area contributed by atoms with Gasteiger partial charge in [0.2, 0.25) is 5.91 Å². The van der Waals surface area contributed by atoms with Crippen molar-refractivity contribution in [1.82, 2.24) is 9.97 Å². The number of para-hydroxylation sites is 2. The van der Waals surface area contributed by atoms with Crippen LogP contribution in [-0.2, 0) is 9.59 Å². The Morgan fingerprint density at radius 1 is 1.06 bits per heavy atom. The van der Waals surface area contributed by atoms with Gasteiger partial charge in [0.05, 0.1) is 21.7 Å². The Labute approximate surface area is 197 Å². The number of aliphatic imine (C=N–C) groups is 1. The van der Waals surface area contributed by atoms with Gasteiger partial charge in [-0.15, -0.1) is 0 Å². The molecule has 2 aromatic carbocycles. The van der Waals surface area contributed by atoms with E-state index in [0.717, 1.165) is 15.8 Å². The second-order valence-electron chi connectivity index (χ2n) is 7.01. The average Bonchev–Trinajstić information content (AvgIpc) is 3.39. The zero-order chi connectivity index (χ0) is 22.6. The number of nitrogens with one attached hydrogen (secondary N) is 1. The van der Waals surface area contributed by atoms with E-state index >= 15 is 0 Å². The molecule has 0 aliphatic carbocycles. The smallest absolute Gasteiger partial charge is 0.283 e. The maximum Gasteiger partial charge on any atom is 0.283 e. The standard InChI is InChI=1S/C24H17N5O2S2/c30-21(28-23-26-18-10-4-5-11-20(18)33-23)15-32-24-27-19(13-16-7-6-12-25-14-16)22(31)29(24)17-8-2-1-3-9-17/h1-14H,15H2,(H,26,28,30)/b19-13+. The van der Waals surface area contributed by atoms with E-state index in [1.54, 1.807) is 24.5 Å². The molecule has 2 aromatic heterocycles. The predicted octanol–water partition coefficient (Wildman–Crippen LogP) is 4.81. The molecule has 1 aliphatic rings. The Hall–Kier alpha value is -3.82. The molecule has 0 atom stereocenters. The first-order chi connectivity index (χ1) is 16.2. The van der Waals surface area contributed by atoms with Crippen LogP contribution in [0.25, 0.3) is 16.3 Å². The van der Waals surface area contributed by atoms with Crippen molar-refractivity contribution in [1.29, 1.82) is 0 Å². The molecule has 2 amide bonds. The minimum atomic E-state index is -0.251. The summed E-state index contributed by atoms with van der Waals surface area (Å²) in [4.78, 5) is 40.3. The summed E-state index contributed by atoms with van der Waals surface area (Å²) in [6.07, 6.45) is 5.03. The van der Waals surface area contributed by atoms with Crippen LogP contribution >= 0.6 is 23.1 Å². The topological polar surface area (TPSA) is 87.5 Å². The molecule has 0 bridgehead atoms. The summed E-state index contributed by atoms with van der Waals surface area (Å²) < 4.78 is 1.01. The number of aromatic nitrogens is 2. The molecule has 5 rings (SSSR count). The molecule has 33 heavy (non-hydrogen) atoms. The highest BCUT2D eigenvalue weighted by atomic mass is 32.2. The Bertz CT molecular complexity index is 1350. The third-order valence-corrected chi connectivity index (χ3v) is 6.59. The molecule has 0 radical (unpaired) electrons. The summed E-state index contributed by atoms with van der Waals surface area (Å²) in [5.74, 6) is -0.378. The number of pyridine rings is 1. The monoisotopic (exact) mass is 471 g/mol. The number of fused-ring (bicyclic) bond motifs is 1. The zero-order valence-corrected chi connectivity index (χ0v) is 18.8. The van der Waals surface area contributed by atoms with E-state index in [2.05, 4.69) is 20.3 Å². The normalized spacial score (nSPS) is 14.7. The van der Waals surface area contributed by atoms with E-state index < -0.39 is 0 Å². The molecule has 1 aliphatic heterocycles. The molecular formula is C24H17N5O2S2. The predicted molar refractivity (Wildman–Crippen MR) is 134 cm³/mol. The highest BCUT2D eigenvalue weighted by molar-refractivity contribution is 8.14. The summed E-state index contributed by atoms with van der Waals surface area (Å²) in [5.41, 5.74) is 2.60. The van der Waals surface area contributed by atoms with Crippen LogP contribution in [0.2, 0.25) is 0 Å². The molecule has 0 saturated heterocycles. The fourth-order valence-electron chi connectivity index (χ4n) is 3.23. The number of benzene rings is 2. The van der Waals surface area contributed by atoms with Gasteiger partial charge in [0.25, 0.3) is 5.91 Å². The lowest BCUT2D eigenvalue weighted by molar-refractivity contribution is -0.114. The maximum atomic E-state index is 13.2. The number of thioether (sulfide) groups is 1. The molecule has 4 aromatic rings. The van der Waals surface area contributed by atoms with Crippen molar-refractivity contribution in [2.75, 3.05) is 16.0 Å². The average molecular weight is 472 g/mol. The van der Waals surface area contributed by atoms with E-state index in [1.807, 2.05) is 60.7 Å². The summed E-state index contributed by atoms with van der Waals surface area (Å²) in [5, 5.41) is 3.83. The number of hydrogen-bond donors (Lipinski definition) is 1. The third-order valence-electron chi connectivity index (χ3n) is 4.70. The molecule has 162 valence electrons. The minimum absolute atomic E-state index is 0.0888. The number of carbonyl (C=O) groups excluding carboxylic acids is 2. The number of amidine groups is 1. The van der Waals surface area contributed by atoms with Crippen LogP contribution < -0.4 is 10.2 Å². The summed E-state index contributed by atoms with van der Waals surface area (Å²) in [7, 11) is 0. The van der Waals surface area contributed by atoms with Crippen LogP contribution in [0.15, 0.2) is 89.8 Å². The van der Waals surface area contributed by atoms with Crippen molar-refractivity contribution >= 4 is 67.2 Å². The molecule has 1 N–H and O–H groups in total. The Morgan fingerprint density at radius 2 is 1.88 bits per heavy atom. The highest BCUT2D eigenvalue weighted by Crippen LogP contribution is 2.30. The third kappa shape index (κ3) is 4.69. The van der Waals surface area contributed by atoms with Gasteiger partial charge in [0.1, 0.15) is 5.70 Å². The number of hydrogen-bond acceptors (Lipinski definition) is 7. The van der Waals surface area contributed by atoms with Crippen LogP contribution in [0.5, 0.6) is 0 Å². The first-order valence-corrected chi connectivity index (χ1v) is 11.9. The maximum absolute atomic E-state index is 13.2. The summed E-state index contributed by atoms with van der Waals surface area (Å²) in [6, 6.07) is 20.6. The second kappa shape index (κ2) is 9.35. The highest BCUT2D eigenvalue weighted by Gasteiger charge is 2.32. The van der Waals surface area contributed by atoms with Crippen LogP contribution in [0.4, 0.5) is 10.8 Å². The lowest BCUT2D eigenvalue weighted by Crippen LogP contribution is -2.31. The quantitative estimate of drug-likeness (QED) is 0.422. The first kappa shape index (κ1) is 21.0. The largest absolute Gasteiger partial charge is 0.301 e. The van der Waals surface area contributed by atoms with Gasteiger partial charge in [-0.25, -0.2) is 9.98 Å². The molecular weight excluding hydrogens is 454 g/mol. The van der Waals surface area contributed by atoms with Crippen LogP contribution in [0.3, 0.4) is 0 Å². The van der Waals surface area contributed by atoms with Gasteiger partial charge in [0.15, 0.2) is 10.3 Å². The van der Waals surface area contributed by atoms with Crippen molar-refractivity contribution in [3.8, 4) is 0 Å². The number of carbonyl (C=O) groups is 2. The fraction of sp³-hybridized carbons (Fsp3) is 0.0417. The van der Waals surface area contributed by atoms with Crippen molar-refractivity contribution in [3.63, 3.8) is 0 Å². The Morgan fingerprint density at radius 3 is 2.67 bits per heavy atom. The van der Waals surface area contributed by atoms with Gasteiger partial charge in [-0.3, -0.25) is 19.5 Å². The van der Waals surface area contributed by atoms with Gasteiger partial charge >= 0.3 is 0 Å². The fourth-order valence-corrected chi connectivity index (χ4v) is 4.92. The van der Waals surface area contributed by atoms with E-state index in [0.29, 0.717) is 21.7 Å². The van der Waals surface area contributed by atoms with Crippen LogP contribution in [-0.4, -0.2) is 32.7 Å². The first-order valence-electron chi connectivity index (χ1n) is 10.1. The molecule has 0 spiro atoms. The van der Waals surface area contributed by atoms with Crippen molar-refractivity contribution < 1.29 is 9.59 Å². The molecule has 7 nitrogen and oxygen atoms in total. The summed E-state index contributed by atoms with van der Waals surface area (Å²) in [6.45, 7) is 0. The number of nitrogens with zero attached hydrogens (tertiary/aromatic N) is 4. The van der Waals surface area contributed by atoms with Crippen LogP contribution in [0, 0.1) is 0 Å². The number of amides is 2. The number of rotatable bonds is 5. The number of anilines is 2. The lowest BCUT2D eigenvalue weighted by atomic mass is 10.2. The Kier molecular flexibility index (Phi) is 5.97. The molecule has 9 heteroatoms. The van der Waals surface area contributed by atoms with Crippen molar-refractivity contribution in [3.05, 3.63) is 90.4 Å². The Balaban J connectivity index is 1.35. The molecule has 3 heterocycles. The van der Waals surface area contributed by atoms with E-state index in [1.165, 1.54) is 28.0 Å². The summed E-state index contributed by atoms with van der Waals surface area (Å²) >= 11 is 2.62. The van der Waals surface area contributed by atoms with Gasteiger partial charge in [0, 0.05) is 12.4 Å². The van der Waals surface area contributed by atoms with E-state index in [-0.39, 0.29) is 17.6 Å². The SMILES string of the molecule is O=C(CSC1=N/C(=C/c2cccnc2)C(=O)N1c1ccccc1)Nc1nc2ccccc2s1. The van der Waals surface area contributed by atoms with Gasteiger partial charge < -0.3 is 5.32 Å². The number of thiazole rings is 1. The van der Waals surface area contributed by atoms with E-state index in [4.69, 9.17) is 0 Å².